The van der Waals surface area contributed by atoms with Crippen LogP contribution in [0.2, 0.25) is 0 Å². The largest absolute Gasteiger partial charge is 0.386 e. The van der Waals surface area contributed by atoms with Gasteiger partial charge < -0.3 is 15.0 Å². The van der Waals surface area contributed by atoms with Crippen LogP contribution in [0.1, 0.15) is 24.3 Å². The van der Waals surface area contributed by atoms with Crippen molar-refractivity contribution < 1.29 is 9.90 Å². The number of hydrogen-bond acceptors (Lipinski definition) is 3. The highest BCUT2D eigenvalue weighted by atomic mass is 16.3. The Labute approximate surface area is 122 Å². The van der Waals surface area contributed by atoms with Crippen LogP contribution in [0, 0.1) is 5.92 Å². The van der Waals surface area contributed by atoms with E-state index in [1.807, 2.05) is 19.9 Å². The molecule has 0 spiro atoms. The molecule has 1 aromatic carbocycles. The highest BCUT2D eigenvalue weighted by Crippen LogP contribution is 2.29. The first-order valence-electron chi connectivity index (χ1n) is 7.04. The fraction of sp³-hybridized carbons (Fsp3) is 0.375. The Morgan fingerprint density at radius 3 is 2.67 bits per heavy atom. The molecule has 5 heteroatoms. The maximum absolute atomic E-state index is 12.4. The Kier molecular flexibility index (Phi) is 3.10. The normalized spacial score (nSPS) is 17.0. The van der Waals surface area contributed by atoms with Gasteiger partial charge in [0.2, 0.25) is 0 Å². The third-order valence-corrected chi connectivity index (χ3v) is 4.26. The van der Waals surface area contributed by atoms with E-state index in [2.05, 4.69) is 4.98 Å². The SMILES string of the molecule is CC(C)C1(O)CN(C(=O)c2cc(=O)c3ccccc3[nH]2)C1. The molecule has 0 bridgehead atoms. The van der Waals surface area contributed by atoms with E-state index in [4.69, 9.17) is 0 Å². The number of carbonyl (C=O) groups excluding carboxylic acids is 1. The number of aromatic amines is 1. The molecule has 0 atom stereocenters. The summed E-state index contributed by atoms with van der Waals surface area (Å²) in [5.41, 5.74) is -0.0721. The second-order valence-corrected chi connectivity index (χ2v) is 6.01. The smallest absolute Gasteiger partial charge is 0.270 e. The van der Waals surface area contributed by atoms with E-state index in [1.165, 1.54) is 6.07 Å². The lowest BCUT2D eigenvalue weighted by molar-refractivity contribution is -0.111. The number of fused-ring (bicyclic) bond motifs is 1. The molecule has 3 rings (SSSR count). The summed E-state index contributed by atoms with van der Waals surface area (Å²) in [5.74, 6) is -0.152. The minimum Gasteiger partial charge on any atom is -0.386 e. The minimum atomic E-state index is -0.813. The molecule has 0 saturated carbocycles. The van der Waals surface area contributed by atoms with E-state index in [0.29, 0.717) is 24.0 Å². The number of nitrogens with one attached hydrogen (secondary N) is 1. The molecular weight excluding hydrogens is 268 g/mol. The summed E-state index contributed by atoms with van der Waals surface area (Å²) in [6, 6.07) is 8.43. The van der Waals surface area contributed by atoms with Crippen LogP contribution >= 0.6 is 0 Å². The van der Waals surface area contributed by atoms with Gasteiger partial charge in [0.15, 0.2) is 5.43 Å². The van der Waals surface area contributed by atoms with E-state index in [-0.39, 0.29) is 22.9 Å². The predicted molar refractivity (Wildman–Crippen MR) is 80.3 cm³/mol. The van der Waals surface area contributed by atoms with Gasteiger partial charge in [0, 0.05) is 17.0 Å². The van der Waals surface area contributed by atoms with Crippen LogP contribution in [0.25, 0.3) is 10.9 Å². The van der Waals surface area contributed by atoms with E-state index < -0.39 is 5.60 Å². The summed E-state index contributed by atoms with van der Waals surface area (Å²) >= 11 is 0. The molecule has 0 unspecified atom stereocenters. The van der Waals surface area contributed by atoms with Crippen LogP contribution in [0.5, 0.6) is 0 Å². The zero-order chi connectivity index (χ0) is 15.2. The van der Waals surface area contributed by atoms with E-state index in [1.54, 1.807) is 23.1 Å². The average Bonchev–Trinajstić information content (AvgIpc) is 2.43. The van der Waals surface area contributed by atoms with Gasteiger partial charge in [-0.25, -0.2) is 0 Å². The molecule has 1 aromatic heterocycles. The monoisotopic (exact) mass is 286 g/mol. The molecule has 1 fully saturated rings. The number of aromatic nitrogens is 1. The number of β-amino-alcohol motifs (C(OH)–C–C–N with tert-alkyl or cyclic N) is 1. The van der Waals surface area contributed by atoms with Crippen molar-refractivity contribution in [2.75, 3.05) is 13.1 Å². The van der Waals surface area contributed by atoms with Gasteiger partial charge in [-0.05, 0) is 18.1 Å². The third kappa shape index (κ3) is 2.23. The third-order valence-electron chi connectivity index (χ3n) is 4.26. The summed E-state index contributed by atoms with van der Waals surface area (Å²) < 4.78 is 0. The van der Waals surface area contributed by atoms with Crippen LogP contribution in [0.15, 0.2) is 35.1 Å². The molecule has 1 aliphatic heterocycles. The minimum absolute atomic E-state index is 0.0946. The molecular formula is C16H18N2O3. The lowest BCUT2D eigenvalue weighted by atomic mass is 9.83. The maximum atomic E-state index is 12.4. The molecule has 0 radical (unpaired) electrons. The fourth-order valence-corrected chi connectivity index (χ4v) is 2.61. The molecule has 2 heterocycles. The number of pyridine rings is 1. The first-order chi connectivity index (χ1) is 9.90. The highest BCUT2D eigenvalue weighted by Gasteiger charge is 2.46. The Morgan fingerprint density at radius 2 is 2.00 bits per heavy atom. The van der Waals surface area contributed by atoms with Crippen LogP contribution < -0.4 is 5.43 Å². The number of H-pyrrole nitrogens is 1. The number of nitrogens with zero attached hydrogens (tertiary/aromatic N) is 1. The number of likely N-dealkylation sites (tertiary alicyclic amines) is 1. The summed E-state index contributed by atoms with van der Waals surface area (Å²) in [6.45, 7) is 4.47. The molecule has 2 aromatic rings. The van der Waals surface area contributed by atoms with Crippen LogP contribution in [0.3, 0.4) is 0 Å². The quantitative estimate of drug-likeness (QED) is 0.875. The van der Waals surface area contributed by atoms with Crippen LogP contribution in [-0.2, 0) is 0 Å². The van der Waals surface area contributed by atoms with Crippen LogP contribution in [0.4, 0.5) is 0 Å². The number of aliphatic hydroxyl groups is 1. The Bertz CT molecular complexity index is 757. The maximum Gasteiger partial charge on any atom is 0.270 e. The van der Waals surface area contributed by atoms with E-state index in [9.17, 15) is 14.7 Å². The predicted octanol–water partition coefficient (Wildman–Crippen LogP) is 1.37. The summed E-state index contributed by atoms with van der Waals surface area (Å²) in [5, 5.41) is 10.8. The molecule has 1 aliphatic rings. The fourth-order valence-electron chi connectivity index (χ4n) is 2.61. The van der Waals surface area contributed by atoms with Crippen molar-refractivity contribution in [2.45, 2.75) is 19.4 Å². The van der Waals surface area contributed by atoms with Crippen molar-refractivity contribution in [3.63, 3.8) is 0 Å². The number of carbonyl (C=O) groups is 1. The molecule has 21 heavy (non-hydrogen) atoms. The second kappa shape index (κ2) is 4.70. The summed E-state index contributed by atoms with van der Waals surface area (Å²) in [4.78, 5) is 29.0. The van der Waals surface area contributed by atoms with Gasteiger partial charge in [0.25, 0.3) is 5.91 Å². The lowest BCUT2D eigenvalue weighted by Gasteiger charge is -2.48. The average molecular weight is 286 g/mol. The zero-order valence-electron chi connectivity index (χ0n) is 12.1. The number of benzene rings is 1. The molecule has 1 amide bonds. The number of rotatable bonds is 2. The molecule has 1 saturated heterocycles. The van der Waals surface area contributed by atoms with Gasteiger partial charge in [-0.15, -0.1) is 0 Å². The van der Waals surface area contributed by atoms with Crippen molar-refractivity contribution in [3.8, 4) is 0 Å². The summed E-state index contributed by atoms with van der Waals surface area (Å²) in [7, 11) is 0. The van der Waals surface area contributed by atoms with E-state index in [0.717, 1.165) is 0 Å². The standard InChI is InChI=1S/C16H18N2O3/c1-10(2)16(21)8-18(9-16)15(20)13-7-14(19)11-5-3-4-6-12(11)17-13/h3-7,10,21H,8-9H2,1-2H3,(H,17,19). The first-order valence-corrected chi connectivity index (χ1v) is 7.04. The van der Waals surface area contributed by atoms with Crippen molar-refractivity contribution in [1.29, 1.82) is 0 Å². The van der Waals surface area contributed by atoms with Gasteiger partial charge >= 0.3 is 0 Å². The number of para-hydroxylation sites is 1. The first kappa shape index (κ1) is 13.8. The van der Waals surface area contributed by atoms with E-state index >= 15 is 0 Å². The highest BCUT2D eigenvalue weighted by molar-refractivity contribution is 5.95. The van der Waals surface area contributed by atoms with Crippen molar-refractivity contribution in [3.05, 3.63) is 46.2 Å². The second-order valence-electron chi connectivity index (χ2n) is 6.01. The Hall–Kier alpha value is -2.14. The number of amides is 1. The number of hydrogen-bond donors (Lipinski definition) is 2. The van der Waals surface area contributed by atoms with Gasteiger partial charge in [0.05, 0.1) is 13.1 Å². The van der Waals surface area contributed by atoms with Crippen LogP contribution in [-0.4, -0.2) is 39.6 Å². The van der Waals surface area contributed by atoms with Gasteiger partial charge in [0.1, 0.15) is 11.3 Å². The summed E-state index contributed by atoms with van der Waals surface area (Å²) in [6.07, 6.45) is 0. The molecule has 2 N–H and O–H groups in total. The molecule has 110 valence electrons. The zero-order valence-corrected chi connectivity index (χ0v) is 12.1. The Balaban J connectivity index is 1.89. The van der Waals surface area contributed by atoms with Crippen molar-refractivity contribution >= 4 is 16.8 Å². The van der Waals surface area contributed by atoms with Gasteiger partial charge in [-0.3, -0.25) is 9.59 Å². The lowest BCUT2D eigenvalue weighted by Crippen LogP contribution is -2.66. The molecule has 0 aliphatic carbocycles. The molecule has 5 nitrogen and oxygen atoms in total. The van der Waals surface area contributed by atoms with Gasteiger partial charge in [-0.2, -0.15) is 0 Å². The topological polar surface area (TPSA) is 73.4 Å². The Morgan fingerprint density at radius 1 is 1.33 bits per heavy atom. The van der Waals surface area contributed by atoms with Crippen molar-refractivity contribution in [2.24, 2.45) is 5.92 Å². The van der Waals surface area contributed by atoms with Crippen molar-refractivity contribution in [1.82, 2.24) is 9.88 Å². The van der Waals surface area contributed by atoms with Gasteiger partial charge in [-0.1, -0.05) is 26.0 Å².